The summed E-state index contributed by atoms with van der Waals surface area (Å²) in [5.41, 5.74) is 11.8. The van der Waals surface area contributed by atoms with E-state index < -0.39 is 6.04 Å². The number of nitrogens with two attached hydrogens (primary N) is 2. The van der Waals surface area contributed by atoms with Gasteiger partial charge in [-0.15, -0.1) is 0 Å². The van der Waals surface area contributed by atoms with Crippen LogP contribution in [-0.4, -0.2) is 61.6 Å². The Morgan fingerprint density at radius 3 is 1.22 bits per heavy atom. The lowest BCUT2D eigenvalue weighted by Crippen LogP contribution is -2.46. The molecular weight excluding hydrogens is 675 g/mol. The Bertz CT molecular complexity index is 851. The number of allylic oxidation sites excluding steroid dienone is 4. The van der Waals surface area contributed by atoms with Gasteiger partial charge in [0.2, 0.25) is 5.91 Å². The number of rotatable bonds is 41. The van der Waals surface area contributed by atoms with E-state index >= 15 is 0 Å². The molecular formula is C46H87N3O5. The maximum atomic E-state index is 13.1. The molecule has 316 valence electrons. The Labute approximate surface area is 333 Å². The minimum Gasteiger partial charge on any atom is -0.464 e. The van der Waals surface area contributed by atoms with Gasteiger partial charge in [0.25, 0.3) is 0 Å². The van der Waals surface area contributed by atoms with Gasteiger partial charge in [0, 0.05) is 12.8 Å². The van der Waals surface area contributed by atoms with Crippen LogP contribution < -0.4 is 11.5 Å². The minimum atomic E-state index is -0.658. The summed E-state index contributed by atoms with van der Waals surface area (Å²) in [5, 5.41) is 0. The van der Waals surface area contributed by atoms with E-state index in [1.54, 1.807) is 4.90 Å². The predicted molar refractivity (Wildman–Crippen MR) is 228 cm³/mol. The van der Waals surface area contributed by atoms with E-state index in [4.69, 9.17) is 20.9 Å². The van der Waals surface area contributed by atoms with Crippen LogP contribution in [0.3, 0.4) is 0 Å². The molecule has 8 nitrogen and oxygen atoms in total. The van der Waals surface area contributed by atoms with Crippen molar-refractivity contribution in [1.82, 2.24) is 4.90 Å². The van der Waals surface area contributed by atoms with Gasteiger partial charge < -0.3 is 25.8 Å². The molecule has 0 rings (SSSR count). The van der Waals surface area contributed by atoms with Crippen molar-refractivity contribution in [2.24, 2.45) is 11.5 Å². The molecule has 0 aliphatic rings. The summed E-state index contributed by atoms with van der Waals surface area (Å²) in [6, 6.07) is -0.658. The van der Waals surface area contributed by atoms with E-state index in [9.17, 15) is 14.4 Å². The van der Waals surface area contributed by atoms with Gasteiger partial charge in [-0.05, 0) is 83.6 Å². The number of esters is 2. The van der Waals surface area contributed by atoms with Crippen LogP contribution in [0, 0.1) is 0 Å². The van der Waals surface area contributed by atoms with Crippen LogP contribution in [0.4, 0.5) is 0 Å². The van der Waals surface area contributed by atoms with Crippen molar-refractivity contribution in [1.29, 1.82) is 0 Å². The van der Waals surface area contributed by atoms with Gasteiger partial charge >= 0.3 is 11.9 Å². The van der Waals surface area contributed by atoms with Crippen molar-refractivity contribution in [3.63, 3.8) is 0 Å². The highest BCUT2D eigenvalue weighted by molar-refractivity contribution is 5.81. The van der Waals surface area contributed by atoms with Crippen molar-refractivity contribution in [2.75, 3.05) is 32.8 Å². The van der Waals surface area contributed by atoms with Crippen molar-refractivity contribution >= 4 is 17.8 Å². The molecule has 0 bridgehead atoms. The smallest absolute Gasteiger partial charge is 0.305 e. The largest absolute Gasteiger partial charge is 0.464 e. The fraction of sp³-hybridized carbons (Fsp3) is 0.848. The highest BCUT2D eigenvalue weighted by Gasteiger charge is 2.21. The summed E-state index contributed by atoms with van der Waals surface area (Å²) < 4.78 is 10.9. The van der Waals surface area contributed by atoms with Crippen LogP contribution in [0.25, 0.3) is 0 Å². The number of hydrogen-bond donors (Lipinski definition) is 2. The number of carbonyl (C=O) groups excluding carboxylic acids is 3. The number of amides is 1. The van der Waals surface area contributed by atoms with Gasteiger partial charge in [0.15, 0.2) is 0 Å². The zero-order valence-corrected chi connectivity index (χ0v) is 35.5. The average molecular weight is 762 g/mol. The predicted octanol–water partition coefficient (Wildman–Crippen LogP) is 11.4. The third kappa shape index (κ3) is 36.8. The first-order valence-electron chi connectivity index (χ1n) is 22.8. The minimum absolute atomic E-state index is 0.105. The molecule has 0 spiro atoms. The summed E-state index contributed by atoms with van der Waals surface area (Å²) in [4.78, 5) is 39.4. The van der Waals surface area contributed by atoms with Gasteiger partial charge in [-0.1, -0.05) is 147 Å². The molecule has 1 amide bonds. The normalized spacial score (nSPS) is 12.1. The summed E-state index contributed by atoms with van der Waals surface area (Å²) in [6.45, 7) is 5.74. The van der Waals surface area contributed by atoms with Gasteiger partial charge in [0.1, 0.15) is 13.2 Å². The van der Waals surface area contributed by atoms with E-state index in [2.05, 4.69) is 38.2 Å². The van der Waals surface area contributed by atoms with Crippen LogP contribution >= 0.6 is 0 Å². The molecule has 0 saturated carbocycles. The molecule has 1 atom stereocenters. The molecule has 0 fully saturated rings. The van der Waals surface area contributed by atoms with Crippen molar-refractivity contribution in [2.45, 2.75) is 219 Å². The first-order chi connectivity index (χ1) is 26.5. The number of unbranched alkanes of at least 4 members (excludes halogenated alkanes) is 23. The van der Waals surface area contributed by atoms with Gasteiger partial charge in [0.05, 0.1) is 19.1 Å². The molecule has 0 aliphatic heterocycles. The van der Waals surface area contributed by atoms with Crippen LogP contribution in [0.5, 0.6) is 0 Å². The molecule has 0 aliphatic carbocycles. The highest BCUT2D eigenvalue weighted by atomic mass is 16.5. The van der Waals surface area contributed by atoms with E-state index in [-0.39, 0.29) is 44.1 Å². The second-order valence-corrected chi connectivity index (χ2v) is 15.3. The van der Waals surface area contributed by atoms with Crippen molar-refractivity contribution in [3.05, 3.63) is 24.3 Å². The summed E-state index contributed by atoms with van der Waals surface area (Å²) in [6.07, 6.45) is 43.7. The SMILES string of the molecule is CCCCCCCC/C=C\CCCCCCCC(=O)OCCN(CCOC(=O)CCCCCCC/C=C\CCCCCCCC)C(=O)C(N)CCCCN. The third-order valence-corrected chi connectivity index (χ3v) is 10.1. The highest BCUT2D eigenvalue weighted by Crippen LogP contribution is 2.12. The molecule has 1 unspecified atom stereocenters. The van der Waals surface area contributed by atoms with Crippen LogP contribution in [0.15, 0.2) is 24.3 Å². The van der Waals surface area contributed by atoms with Crippen LogP contribution in [0.1, 0.15) is 213 Å². The first kappa shape index (κ1) is 51.8. The molecule has 0 radical (unpaired) electrons. The van der Waals surface area contributed by atoms with Gasteiger partial charge in [-0.2, -0.15) is 0 Å². The Morgan fingerprint density at radius 2 is 0.852 bits per heavy atom. The summed E-state index contributed by atoms with van der Waals surface area (Å²) in [7, 11) is 0. The van der Waals surface area contributed by atoms with E-state index in [0.29, 0.717) is 25.8 Å². The van der Waals surface area contributed by atoms with Gasteiger partial charge in [-0.3, -0.25) is 14.4 Å². The van der Waals surface area contributed by atoms with E-state index in [0.717, 1.165) is 64.2 Å². The zero-order valence-electron chi connectivity index (χ0n) is 35.5. The van der Waals surface area contributed by atoms with Crippen LogP contribution in [-0.2, 0) is 23.9 Å². The number of carbonyl (C=O) groups is 3. The maximum Gasteiger partial charge on any atom is 0.305 e. The lowest BCUT2D eigenvalue weighted by atomic mass is 10.1. The van der Waals surface area contributed by atoms with Gasteiger partial charge in [-0.25, -0.2) is 0 Å². The van der Waals surface area contributed by atoms with E-state index in [1.807, 2.05) is 0 Å². The summed E-state index contributed by atoms with van der Waals surface area (Å²) in [5.74, 6) is -0.689. The standard InChI is InChI=1S/C46H87N3O5/c1-3-5-7-9-11-13-15-17-19-21-23-25-27-29-31-36-44(50)53-41-39-49(46(52)43(48)35-33-34-38-47)40-42-54-45(51)37-32-30-28-26-24-22-20-18-16-14-12-10-8-6-4-2/h17-20,43H,3-16,21-42,47-48H2,1-2H3/b19-17-,20-18-. The van der Waals surface area contributed by atoms with Crippen LogP contribution in [0.2, 0.25) is 0 Å². The average Bonchev–Trinajstić information content (AvgIpc) is 3.17. The lowest BCUT2D eigenvalue weighted by molar-refractivity contribution is -0.148. The number of hydrogen-bond acceptors (Lipinski definition) is 7. The molecule has 0 aromatic carbocycles. The Balaban J connectivity index is 4.16. The molecule has 0 heterocycles. The van der Waals surface area contributed by atoms with Crippen molar-refractivity contribution < 1.29 is 23.9 Å². The monoisotopic (exact) mass is 762 g/mol. The number of ether oxygens (including phenoxy) is 2. The molecule has 0 aromatic heterocycles. The maximum absolute atomic E-state index is 13.1. The Hall–Kier alpha value is -2.19. The lowest BCUT2D eigenvalue weighted by Gasteiger charge is -2.25. The second kappa shape index (κ2) is 42.0. The zero-order chi connectivity index (χ0) is 39.6. The number of nitrogens with zero attached hydrogens (tertiary/aromatic N) is 1. The van der Waals surface area contributed by atoms with Crippen molar-refractivity contribution in [3.8, 4) is 0 Å². The van der Waals surface area contributed by atoms with E-state index in [1.165, 1.54) is 116 Å². The summed E-state index contributed by atoms with van der Waals surface area (Å²) >= 11 is 0. The topological polar surface area (TPSA) is 125 Å². The first-order valence-corrected chi connectivity index (χ1v) is 22.8. The Morgan fingerprint density at radius 1 is 0.500 bits per heavy atom. The third-order valence-electron chi connectivity index (χ3n) is 10.1. The Kier molecular flexibility index (Phi) is 40.3. The molecule has 8 heteroatoms. The molecule has 0 aromatic rings. The molecule has 0 saturated heterocycles. The molecule has 4 N–H and O–H groups in total. The fourth-order valence-electron chi connectivity index (χ4n) is 6.56. The second-order valence-electron chi connectivity index (χ2n) is 15.3. The molecule has 54 heavy (non-hydrogen) atoms. The fourth-order valence-corrected chi connectivity index (χ4v) is 6.56. The quantitative estimate of drug-likeness (QED) is 0.0361.